The Bertz CT molecular complexity index is 3140. The number of aromatic amines is 1. The van der Waals surface area contributed by atoms with Gasteiger partial charge in [-0.3, -0.25) is 0 Å². The van der Waals surface area contributed by atoms with Crippen LogP contribution in [0.15, 0.2) is 224 Å². The van der Waals surface area contributed by atoms with E-state index in [1.807, 2.05) is 19.1 Å². The van der Waals surface area contributed by atoms with Crippen LogP contribution >= 0.6 is 0 Å². The van der Waals surface area contributed by atoms with Gasteiger partial charge in [0, 0.05) is 27.5 Å². The van der Waals surface area contributed by atoms with E-state index in [0.717, 1.165) is 11.3 Å². The van der Waals surface area contributed by atoms with Crippen molar-refractivity contribution in [2.75, 3.05) is 0 Å². The van der Waals surface area contributed by atoms with E-state index in [9.17, 15) is 0 Å². The van der Waals surface area contributed by atoms with Crippen LogP contribution in [0.4, 0.5) is 0 Å². The van der Waals surface area contributed by atoms with Crippen LogP contribution in [0.2, 0.25) is 0 Å². The van der Waals surface area contributed by atoms with Crippen molar-refractivity contribution in [3.8, 4) is 33.4 Å². The second-order valence-corrected chi connectivity index (χ2v) is 15.2. The first-order chi connectivity index (χ1) is 29.5. The largest absolute Gasteiger partial charge is 0.399 e. The molecule has 0 saturated heterocycles. The van der Waals surface area contributed by atoms with Gasteiger partial charge < -0.3 is 10.7 Å². The van der Waals surface area contributed by atoms with Crippen molar-refractivity contribution >= 4 is 59.8 Å². The van der Waals surface area contributed by atoms with Crippen LogP contribution in [0, 0.1) is 6.92 Å². The molecule has 2 nitrogen and oxygen atoms in total. The third-order valence-corrected chi connectivity index (χ3v) is 11.3. The van der Waals surface area contributed by atoms with Gasteiger partial charge in [-0.2, -0.15) is 0 Å². The molecule has 11 aromatic rings. The maximum Gasteiger partial charge on any atom is 0.0465 e. The quantitative estimate of drug-likeness (QED) is 0.172. The van der Waals surface area contributed by atoms with Crippen LogP contribution in [-0.2, 0) is 0 Å². The zero-order chi connectivity index (χ0) is 40.8. The Morgan fingerprint density at radius 1 is 0.350 bits per heavy atom. The Morgan fingerprint density at radius 2 is 0.750 bits per heavy atom. The van der Waals surface area contributed by atoms with Gasteiger partial charge in [0.25, 0.3) is 0 Å². The number of nitrogens with one attached hydrogen (secondary N) is 1. The number of H-pyrrole nitrogens is 1. The van der Waals surface area contributed by atoms with Crippen molar-refractivity contribution in [1.82, 2.24) is 4.98 Å². The molecular formula is C58H46N2. The molecule has 0 aliphatic rings. The van der Waals surface area contributed by atoms with Crippen LogP contribution < -0.4 is 5.73 Å². The number of allylic oxidation sites excluding steroid dienone is 1. The van der Waals surface area contributed by atoms with Gasteiger partial charge in [0.05, 0.1) is 0 Å². The second-order valence-electron chi connectivity index (χ2n) is 15.2. The molecule has 0 fully saturated rings. The molecule has 0 bridgehead atoms. The van der Waals surface area contributed by atoms with Gasteiger partial charge in [-0.05, 0) is 115 Å². The van der Waals surface area contributed by atoms with Crippen LogP contribution in [-0.4, -0.2) is 4.98 Å². The number of aryl methyl sites for hydroxylation is 1. The fraction of sp³-hybridized carbons (Fsp3) is 0.0345. The summed E-state index contributed by atoms with van der Waals surface area (Å²) in [5, 5.41) is 10.3. The van der Waals surface area contributed by atoms with E-state index in [-0.39, 0.29) is 0 Å². The topological polar surface area (TPSA) is 41.8 Å². The minimum absolute atomic E-state index is 0.819. The molecule has 1 heterocycles. The number of aromatic nitrogens is 1. The van der Waals surface area contributed by atoms with Gasteiger partial charge in [0.1, 0.15) is 0 Å². The predicted octanol–water partition coefficient (Wildman–Crippen LogP) is 15.8. The van der Waals surface area contributed by atoms with Crippen molar-refractivity contribution in [2.45, 2.75) is 13.8 Å². The standard InChI is InChI=1S/C24H17N.C21H17N.C13H12/c1-3-7-17(8-4-1)19-11-13-23-21(15-19)22-16-20(12-14-24(22)25-23)18-9-5-2-6-10-18;1-2-21(22)14-11-12-19-17-9-4-3-7-15(17)16-8-5-6-10-18(16)20(19)13-14;1-11-6-5-9-13(10-11)12-7-3-2-4-8-12/h1-16,25H;2-13H,22H2,1H3;2-10H,1H3/b;21-2-;. The average Bonchev–Trinajstić information content (AvgIpc) is 3.70. The first-order valence-corrected chi connectivity index (χ1v) is 20.6. The van der Waals surface area contributed by atoms with E-state index in [4.69, 9.17) is 5.73 Å². The third kappa shape index (κ3) is 7.79. The van der Waals surface area contributed by atoms with E-state index in [1.165, 1.54) is 93.1 Å². The molecule has 11 rings (SSSR count). The highest BCUT2D eigenvalue weighted by Crippen LogP contribution is 2.36. The molecule has 10 aromatic carbocycles. The Morgan fingerprint density at radius 3 is 1.20 bits per heavy atom. The van der Waals surface area contributed by atoms with E-state index >= 15 is 0 Å². The molecule has 0 spiro atoms. The molecule has 0 radical (unpaired) electrons. The van der Waals surface area contributed by atoms with E-state index < -0.39 is 0 Å². The van der Waals surface area contributed by atoms with Crippen molar-refractivity contribution in [3.63, 3.8) is 0 Å². The summed E-state index contributed by atoms with van der Waals surface area (Å²) in [6.45, 7) is 4.09. The minimum atomic E-state index is 0.819. The first-order valence-electron chi connectivity index (χ1n) is 20.6. The summed E-state index contributed by atoms with van der Waals surface area (Å²) in [5.41, 5.74) is 19.2. The molecule has 0 saturated carbocycles. The van der Waals surface area contributed by atoms with Gasteiger partial charge in [-0.15, -0.1) is 0 Å². The number of benzene rings is 10. The third-order valence-electron chi connectivity index (χ3n) is 11.3. The Kier molecular flexibility index (Phi) is 10.8. The molecule has 60 heavy (non-hydrogen) atoms. The maximum absolute atomic E-state index is 6.10. The molecule has 0 aliphatic heterocycles. The van der Waals surface area contributed by atoms with Gasteiger partial charge in [0.15, 0.2) is 0 Å². The molecule has 2 heteroatoms. The molecule has 0 unspecified atom stereocenters. The highest BCUT2D eigenvalue weighted by Gasteiger charge is 2.10. The minimum Gasteiger partial charge on any atom is -0.399 e. The fourth-order valence-electron chi connectivity index (χ4n) is 8.23. The second kappa shape index (κ2) is 17.0. The fourth-order valence-corrected chi connectivity index (χ4v) is 8.23. The van der Waals surface area contributed by atoms with Crippen LogP contribution in [0.25, 0.3) is 93.2 Å². The Hall–Kier alpha value is -7.68. The highest BCUT2D eigenvalue weighted by molar-refractivity contribution is 6.25. The number of rotatable bonds is 4. The lowest BCUT2D eigenvalue weighted by Gasteiger charge is -2.11. The zero-order valence-electron chi connectivity index (χ0n) is 33.9. The van der Waals surface area contributed by atoms with E-state index in [2.05, 4.69) is 224 Å². The number of hydrogen-bond donors (Lipinski definition) is 2. The van der Waals surface area contributed by atoms with Crippen molar-refractivity contribution in [2.24, 2.45) is 5.73 Å². The normalized spacial score (nSPS) is 11.3. The molecule has 288 valence electrons. The molecule has 1 aromatic heterocycles. The molecule has 0 amide bonds. The summed E-state index contributed by atoms with van der Waals surface area (Å²) in [6, 6.07) is 77.1. The van der Waals surface area contributed by atoms with Crippen LogP contribution in [0.5, 0.6) is 0 Å². The smallest absolute Gasteiger partial charge is 0.0465 e. The lowest BCUT2D eigenvalue weighted by Crippen LogP contribution is -1.95. The Balaban J connectivity index is 0.000000121. The lowest BCUT2D eigenvalue weighted by molar-refractivity contribution is 1.47. The highest BCUT2D eigenvalue weighted by atomic mass is 14.7. The maximum atomic E-state index is 6.10. The summed E-state index contributed by atoms with van der Waals surface area (Å²) >= 11 is 0. The molecule has 3 N–H and O–H groups in total. The summed E-state index contributed by atoms with van der Waals surface area (Å²) in [7, 11) is 0. The zero-order valence-corrected chi connectivity index (χ0v) is 33.9. The Labute approximate surface area is 351 Å². The van der Waals surface area contributed by atoms with Crippen LogP contribution in [0.1, 0.15) is 18.1 Å². The van der Waals surface area contributed by atoms with Crippen LogP contribution in [0.3, 0.4) is 0 Å². The van der Waals surface area contributed by atoms with Crippen molar-refractivity contribution in [1.29, 1.82) is 0 Å². The predicted molar refractivity (Wildman–Crippen MR) is 260 cm³/mol. The summed E-state index contributed by atoms with van der Waals surface area (Å²) in [4.78, 5) is 3.54. The lowest BCUT2D eigenvalue weighted by atomic mass is 9.93. The molecule has 0 atom stereocenters. The van der Waals surface area contributed by atoms with Gasteiger partial charge in [0.2, 0.25) is 0 Å². The molecular weight excluding hydrogens is 725 g/mol. The molecule has 0 aliphatic carbocycles. The number of nitrogens with two attached hydrogens (primary N) is 1. The first kappa shape index (κ1) is 37.9. The summed E-state index contributed by atoms with van der Waals surface area (Å²) in [5.74, 6) is 0. The summed E-state index contributed by atoms with van der Waals surface area (Å²) < 4.78 is 0. The van der Waals surface area contributed by atoms with E-state index in [1.54, 1.807) is 0 Å². The van der Waals surface area contributed by atoms with Crippen molar-refractivity contribution in [3.05, 3.63) is 236 Å². The van der Waals surface area contributed by atoms with E-state index in [0.29, 0.717) is 0 Å². The van der Waals surface area contributed by atoms with Gasteiger partial charge in [-0.25, -0.2) is 0 Å². The van der Waals surface area contributed by atoms with Crippen molar-refractivity contribution < 1.29 is 0 Å². The monoisotopic (exact) mass is 770 g/mol. The SMILES string of the molecule is C/C=C(\N)c1ccc2c3ccccc3c3ccccc3c2c1.Cc1cccc(-c2ccccc2)c1.c1ccc(-c2ccc3[nH]c4ccc(-c5ccccc5)cc4c3c2)cc1. The summed E-state index contributed by atoms with van der Waals surface area (Å²) in [6.07, 6.45) is 1.95. The average molecular weight is 771 g/mol. The number of fused-ring (bicyclic) bond motifs is 9. The van der Waals surface area contributed by atoms with Gasteiger partial charge in [-0.1, -0.05) is 200 Å². The van der Waals surface area contributed by atoms with Gasteiger partial charge >= 0.3 is 0 Å². The number of hydrogen-bond acceptors (Lipinski definition) is 1.